The van der Waals surface area contributed by atoms with Gasteiger partial charge in [0.05, 0.1) is 0 Å². The van der Waals surface area contributed by atoms with Crippen LogP contribution in [0.25, 0.3) is 0 Å². The number of carbonyl (C=O) groups is 1. The minimum atomic E-state index is -0.621. The number of rotatable bonds is 3. The molecule has 2 aromatic rings. The van der Waals surface area contributed by atoms with Gasteiger partial charge in [0.25, 0.3) is 0 Å². The van der Waals surface area contributed by atoms with E-state index in [-0.39, 0.29) is 6.61 Å². The van der Waals surface area contributed by atoms with Crippen LogP contribution in [-0.4, -0.2) is 6.09 Å². The first kappa shape index (κ1) is 12.1. The molecule has 0 heterocycles. The molecule has 0 aromatic heterocycles. The zero-order valence-corrected chi connectivity index (χ0v) is 9.52. The molecule has 0 saturated heterocycles. The van der Waals surface area contributed by atoms with Crippen molar-refractivity contribution in [3.8, 4) is 0 Å². The van der Waals surface area contributed by atoms with Crippen molar-refractivity contribution in [3.05, 3.63) is 66.0 Å². The van der Waals surface area contributed by atoms with Crippen LogP contribution in [0.5, 0.6) is 0 Å². The van der Waals surface area contributed by atoms with E-state index in [4.69, 9.17) is 4.74 Å². The van der Waals surface area contributed by atoms with Crippen LogP contribution >= 0.6 is 0 Å². The highest BCUT2D eigenvalue weighted by molar-refractivity contribution is 5.84. The first-order valence-corrected chi connectivity index (χ1v) is 5.39. The number of halogens is 1. The molecule has 0 bridgehead atoms. The average molecular weight is 244 g/mol. The van der Waals surface area contributed by atoms with Crippen LogP contribution in [0.4, 0.5) is 14.9 Å². The van der Waals surface area contributed by atoms with Crippen molar-refractivity contribution < 1.29 is 13.9 Å². The van der Waals surface area contributed by atoms with Gasteiger partial charge in [-0.3, -0.25) is 5.32 Å². The Kier molecular flexibility index (Phi) is 3.91. The summed E-state index contributed by atoms with van der Waals surface area (Å²) in [5.74, 6) is -0.532. The Balaban J connectivity index is 1.86. The van der Waals surface area contributed by atoms with Crippen LogP contribution in [0.2, 0.25) is 0 Å². The third-order valence-electron chi connectivity index (χ3n) is 2.23. The van der Waals surface area contributed by atoms with Gasteiger partial charge in [-0.15, -0.1) is 0 Å². The molecule has 4 heteroatoms. The summed E-state index contributed by atoms with van der Waals surface area (Å²) in [4.78, 5) is 11.4. The summed E-state index contributed by atoms with van der Waals surface area (Å²) in [7, 11) is 0. The second kappa shape index (κ2) is 5.82. The van der Waals surface area contributed by atoms with Crippen LogP contribution in [0.3, 0.4) is 0 Å². The van der Waals surface area contributed by atoms with Crippen LogP contribution in [-0.2, 0) is 11.3 Å². The van der Waals surface area contributed by atoms with E-state index in [1.54, 1.807) is 0 Å². The van der Waals surface area contributed by atoms with Gasteiger partial charge in [-0.2, -0.15) is 0 Å². The number of ether oxygens (including phenoxy) is 1. The Bertz CT molecular complexity index is 528. The lowest BCUT2D eigenvalue weighted by molar-refractivity contribution is 0.155. The zero-order valence-electron chi connectivity index (χ0n) is 9.52. The van der Waals surface area contributed by atoms with E-state index < -0.39 is 11.9 Å². The fourth-order valence-electron chi connectivity index (χ4n) is 1.39. The highest BCUT2D eigenvalue weighted by Crippen LogP contribution is 2.09. The lowest BCUT2D eigenvalue weighted by Crippen LogP contribution is -2.13. The first-order chi connectivity index (χ1) is 8.74. The normalized spacial score (nSPS) is 9.83. The zero-order chi connectivity index (χ0) is 12.8. The van der Waals surface area contributed by atoms with Crippen LogP contribution in [0.1, 0.15) is 5.56 Å². The number of amides is 1. The molecule has 2 aromatic carbocycles. The van der Waals surface area contributed by atoms with Gasteiger partial charge in [0.2, 0.25) is 0 Å². The Labute approximate surface area is 104 Å². The van der Waals surface area contributed by atoms with Crippen molar-refractivity contribution in [2.24, 2.45) is 0 Å². The van der Waals surface area contributed by atoms with Crippen LogP contribution < -0.4 is 5.32 Å². The van der Waals surface area contributed by atoms with E-state index >= 15 is 0 Å². The summed E-state index contributed by atoms with van der Waals surface area (Å²) in [5.41, 5.74) is 1.23. The molecule has 0 saturated carbocycles. The molecule has 18 heavy (non-hydrogen) atoms. The predicted molar refractivity (Wildman–Crippen MR) is 65.5 cm³/mol. The van der Waals surface area contributed by atoms with Crippen LogP contribution in [0.15, 0.2) is 48.5 Å². The number of carbonyl (C=O) groups excluding carboxylic acids is 1. The maximum atomic E-state index is 12.8. The third kappa shape index (κ3) is 3.59. The summed E-state index contributed by atoms with van der Waals surface area (Å²) >= 11 is 0. The maximum absolute atomic E-state index is 12.8. The molecule has 91 valence electrons. The maximum Gasteiger partial charge on any atom is 0.411 e. The van der Waals surface area contributed by atoms with E-state index in [0.29, 0.717) is 5.69 Å². The van der Waals surface area contributed by atoms with Gasteiger partial charge in [-0.05, 0) is 23.8 Å². The monoisotopic (exact) mass is 244 g/mol. The lowest BCUT2D eigenvalue weighted by Gasteiger charge is -2.06. The average Bonchev–Trinajstić information content (AvgIpc) is 2.38. The molecular formula is C14H11FNO2. The number of anilines is 1. The Morgan fingerprint density at radius 2 is 2.06 bits per heavy atom. The largest absolute Gasteiger partial charge is 0.444 e. The third-order valence-corrected chi connectivity index (χ3v) is 2.23. The van der Waals surface area contributed by atoms with Crippen molar-refractivity contribution >= 4 is 11.8 Å². The predicted octanol–water partition coefficient (Wildman–Crippen LogP) is 3.37. The topological polar surface area (TPSA) is 38.3 Å². The van der Waals surface area contributed by atoms with Gasteiger partial charge < -0.3 is 4.74 Å². The van der Waals surface area contributed by atoms with E-state index in [2.05, 4.69) is 11.4 Å². The molecule has 1 N–H and O–H groups in total. The van der Waals surface area contributed by atoms with Crippen LogP contribution in [0, 0.1) is 11.9 Å². The van der Waals surface area contributed by atoms with E-state index in [0.717, 1.165) is 5.56 Å². The van der Waals surface area contributed by atoms with Gasteiger partial charge in [0, 0.05) is 11.8 Å². The fraction of sp³-hybridized carbons (Fsp3) is 0.0714. The number of nitrogens with one attached hydrogen (secondary N) is 1. The summed E-state index contributed by atoms with van der Waals surface area (Å²) < 4.78 is 17.8. The van der Waals surface area contributed by atoms with Crippen molar-refractivity contribution in [1.82, 2.24) is 0 Å². The Morgan fingerprint density at radius 1 is 1.28 bits per heavy atom. The summed E-state index contributed by atoms with van der Waals surface area (Å²) in [6.07, 6.45) is -0.621. The molecule has 1 radical (unpaired) electrons. The summed E-state index contributed by atoms with van der Waals surface area (Å²) in [5, 5.41) is 2.43. The molecule has 0 fully saturated rings. The highest BCUT2D eigenvalue weighted by Gasteiger charge is 2.04. The van der Waals surface area contributed by atoms with E-state index in [1.165, 1.54) is 18.2 Å². The smallest absolute Gasteiger partial charge is 0.411 e. The molecular weight excluding hydrogens is 233 g/mol. The second-order valence-corrected chi connectivity index (χ2v) is 3.61. The molecule has 0 aliphatic rings. The molecule has 1 amide bonds. The minimum Gasteiger partial charge on any atom is -0.444 e. The Hall–Kier alpha value is -2.36. The van der Waals surface area contributed by atoms with Crippen molar-refractivity contribution in [1.29, 1.82) is 0 Å². The Morgan fingerprint density at radius 3 is 2.78 bits per heavy atom. The summed E-state index contributed by atoms with van der Waals surface area (Å²) in [6.45, 7) is 0.175. The molecule has 3 nitrogen and oxygen atoms in total. The quantitative estimate of drug-likeness (QED) is 0.898. The number of hydrogen-bond donors (Lipinski definition) is 1. The van der Waals surface area contributed by atoms with E-state index in [1.807, 2.05) is 30.3 Å². The SMILES string of the molecule is O=C(Nc1cc[c]c(F)c1)OCc1ccccc1. The molecule has 2 rings (SSSR count). The molecule has 0 aliphatic heterocycles. The van der Waals surface area contributed by atoms with Gasteiger partial charge in [0.1, 0.15) is 12.4 Å². The lowest BCUT2D eigenvalue weighted by atomic mass is 10.2. The van der Waals surface area contributed by atoms with Gasteiger partial charge in [0.15, 0.2) is 0 Å². The number of benzene rings is 2. The molecule has 0 aliphatic carbocycles. The fourth-order valence-corrected chi connectivity index (χ4v) is 1.39. The van der Waals surface area contributed by atoms with E-state index in [9.17, 15) is 9.18 Å². The van der Waals surface area contributed by atoms with Crippen molar-refractivity contribution in [2.45, 2.75) is 6.61 Å². The second-order valence-electron chi connectivity index (χ2n) is 3.61. The standard InChI is InChI=1S/C14H11FNO2/c15-12-7-4-8-13(9-12)16-14(17)18-10-11-5-2-1-3-6-11/h1-6,8-9H,10H2,(H,16,17). The van der Waals surface area contributed by atoms with Gasteiger partial charge in [-0.1, -0.05) is 30.3 Å². The molecule has 0 spiro atoms. The summed E-state index contributed by atoms with van der Waals surface area (Å²) in [6, 6.07) is 15.7. The first-order valence-electron chi connectivity index (χ1n) is 5.39. The van der Waals surface area contributed by atoms with Crippen molar-refractivity contribution in [3.63, 3.8) is 0 Å². The number of hydrogen-bond acceptors (Lipinski definition) is 2. The highest BCUT2D eigenvalue weighted by atomic mass is 19.1. The molecule has 0 unspecified atom stereocenters. The molecule has 0 atom stereocenters. The van der Waals surface area contributed by atoms with Crippen molar-refractivity contribution in [2.75, 3.05) is 5.32 Å². The minimum absolute atomic E-state index is 0.175. The van der Waals surface area contributed by atoms with Gasteiger partial charge >= 0.3 is 6.09 Å². The van der Waals surface area contributed by atoms with Gasteiger partial charge in [-0.25, -0.2) is 9.18 Å².